The molecule has 0 saturated heterocycles. The molecule has 11 aromatic rings. The number of nitriles is 1. The molecular formula is C116H118N10O10S. The largest absolute Gasteiger partial charge is 0.416 e. The van der Waals surface area contributed by atoms with Gasteiger partial charge >= 0.3 is 0 Å². The number of rotatable bonds is 10. The standard InChI is InChI=1S/C42H42N6O3.C24H22N2O.C24H30O2.C16H16O2.C10H8N2O2S/c1-40(2,3)31-16-10-25(11-17-31)34-43-46-37(49-34)28-22-29(38-47-44-35(50-38)26-12-18-32(19-13-26)41(4,5)6)24-30(23-28)39-48-45-36(51-39)27-14-20-33(21-15-27)42(7,8)9;1-24(2,3)21-15-13-20(14-16-21)23-26-25-22(27-23)19-11-9-18(10-12-19)17-7-5-4-6-8-17;1-15-11-17(12-16(2)21(15)25)9-10-18-13-19(23(3,4)5)22(26)20(14-18)24(6,7)8;1-9-5-13(6-10(2)15(9)17)14-7-11(3)16(18)12(4)8-14;1-7-4-9(10(6-11)12-3)5-8(2)15(7,13)14/h10-24H,1-9H3;4-16H,1-3H3;9-14H,1-8H3;5-8H,1-4H3;4-5H,1-2H3. The van der Waals surface area contributed by atoms with Gasteiger partial charge in [0.2, 0.25) is 47.1 Å². The van der Waals surface area contributed by atoms with Gasteiger partial charge in [-0.05, 0) is 310 Å². The fourth-order valence-electron chi connectivity index (χ4n) is 15.3. The lowest BCUT2D eigenvalue weighted by molar-refractivity contribution is -0.114. The van der Waals surface area contributed by atoms with E-state index in [2.05, 4.69) is 243 Å². The van der Waals surface area contributed by atoms with Crippen LogP contribution in [0.4, 0.5) is 0 Å². The molecule has 0 N–H and O–H groups in total. The zero-order chi connectivity index (χ0) is 99.9. The number of benzene rings is 7. The van der Waals surface area contributed by atoms with Crippen LogP contribution in [0.1, 0.15) is 202 Å². The molecule has 4 aliphatic carbocycles. The second-order valence-corrected chi connectivity index (χ2v) is 43.2. The van der Waals surface area contributed by atoms with E-state index in [4.69, 9.17) is 29.5 Å². The summed E-state index contributed by atoms with van der Waals surface area (Å²) < 4.78 is 47.7. The fraction of sp³-hybridized carbons (Fsp3) is 0.276. The predicted molar refractivity (Wildman–Crippen MR) is 545 cm³/mol. The van der Waals surface area contributed by atoms with Crippen LogP contribution < -0.4 is 0 Å². The van der Waals surface area contributed by atoms with E-state index in [1.165, 1.54) is 53.8 Å². The van der Waals surface area contributed by atoms with Crippen molar-refractivity contribution in [2.45, 2.75) is 202 Å². The zero-order valence-corrected chi connectivity index (χ0v) is 83.9. The molecule has 5 aliphatic rings. The van der Waals surface area contributed by atoms with Crippen LogP contribution in [0.25, 0.3) is 108 Å². The van der Waals surface area contributed by atoms with Crippen LogP contribution in [-0.2, 0) is 50.7 Å². The summed E-state index contributed by atoms with van der Waals surface area (Å²) in [5, 5.41) is 43.5. The molecule has 0 unspecified atom stereocenters. The van der Waals surface area contributed by atoms with Crippen molar-refractivity contribution in [2.75, 3.05) is 0 Å². The Labute approximate surface area is 805 Å². The van der Waals surface area contributed by atoms with Crippen molar-refractivity contribution in [3.05, 3.63) is 364 Å². The number of Topliss-reactive ketones (excluding diaryl/α,β-unsaturated/α-hetero) is 4. The van der Waals surface area contributed by atoms with Gasteiger partial charge in [0, 0.05) is 65.5 Å². The van der Waals surface area contributed by atoms with Gasteiger partial charge in [-0.2, -0.15) is 0 Å². The average molecular weight is 1840 g/mol. The van der Waals surface area contributed by atoms with Crippen LogP contribution in [0.3, 0.4) is 0 Å². The van der Waals surface area contributed by atoms with Gasteiger partial charge in [0.25, 0.3) is 5.70 Å². The van der Waals surface area contributed by atoms with E-state index >= 15 is 0 Å². The van der Waals surface area contributed by atoms with Gasteiger partial charge in [-0.25, -0.2) is 18.5 Å². The van der Waals surface area contributed by atoms with Gasteiger partial charge < -0.3 is 17.7 Å². The molecule has 21 heteroatoms. The highest BCUT2D eigenvalue weighted by Gasteiger charge is 2.35. The number of allylic oxidation sites excluding steroid dienone is 28. The molecule has 0 saturated carbocycles. The number of nitrogens with zero attached hydrogens (tertiary/aromatic N) is 10. The van der Waals surface area contributed by atoms with E-state index in [0.717, 1.165) is 100 Å². The van der Waals surface area contributed by atoms with E-state index < -0.39 is 9.84 Å². The van der Waals surface area contributed by atoms with Crippen molar-refractivity contribution in [3.63, 3.8) is 0 Å². The monoisotopic (exact) mass is 1840 g/mol. The van der Waals surface area contributed by atoms with E-state index in [9.17, 15) is 27.6 Å². The van der Waals surface area contributed by atoms with Crippen molar-refractivity contribution in [1.82, 2.24) is 40.8 Å². The van der Waals surface area contributed by atoms with Gasteiger partial charge in [0.15, 0.2) is 33.0 Å². The number of sulfone groups is 1. The first kappa shape index (κ1) is 101. The van der Waals surface area contributed by atoms with E-state index in [-0.39, 0.29) is 71.1 Å². The Bertz CT molecular complexity index is 6760. The van der Waals surface area contributed by atoms with Gasteiger partial charge in [0.1, 0.15) is 0 Å². The SMILES string of the molecule is CC(C)(C)c1ccc(-c2nnc(-c3cc(-c4nnc(-c5ccc(C(C)(C)C)cc5)o4)cc(-c4nnc(-c5ccc(C(C)(C)C)cc5)o4)c3)o2)cc1.CC(C)(C)c1ccc(-c2nnc(-c3ccc(-c4ccccc4)cc3)o2)cc1.CC1=CC(=C2C=C(C)C(=O)C(C)=C2)C=C(C)C1=O.CC1=CC(=CC=C2C=C(C(C)(C)C)C(=O)C(C(C)(C)C)=C2)C=C(C)C1=O.[C-]#[N+]C(C#N)=C1C=C(C)S(=O)(=O)C(C)=C1. The number of carbonyl (C=O) groups is 4. The molecule has 137 heavy (non-hydrogen) atoms. The fourth-order valence-corrected chi connectivity index (χ4v) is 16.3. The van der Waals surface area contributed by atoms with Crippen LogP contribution >= 0.6 is 0 Å². The summed E-state index contributed by atoms with van der Waals surface area (Å²) in [7, 11) is -3.35. The number of hydrogen-bond donors (Lipinski definition) is 0. The molecule has 1 aliphatic heterocycles. The molecule has 20 nitrogen and oxygen atoms in total. The summed E-state index contributed by atoms with van der Waals surface area (Å²) in [6.45, 7) is 59.3. The van der Waals surface area contributed by atoms with Crippen molar-refractivity contribution in [2.24, 2.45) is 10.8 Å². The Morgan fingerprint density at radius 2 is 0.540 bits per heavy atom. The molecule has 0 spiro atoms. The predicted octanol–water partition coefficient (Wildman–Crippen LogP) is 28.1. The summed E-state index contributed by atoms with van der Waals surface area (Å²) in [5.41, 5.74) is 23.8. The molecule has 0 radical (unpaired) electrons. The van der Waals surface area contributed by atoms with Gasteiger partial charge in [-0.15, -0.1) is 40.8 Å². The smallest absolute Gasteiger partial charge is 0.269 e. The molecule has 0 atom stereocenters. The molecule has 0 bridgehead atoms. The molecule has 5 heterocycles. The lowest BCUT2D eigenvalue weighted by Gasteiger charge is -2.31. The van der Waals surface area contributed by atoms with Crippen molar-refractivity contribution in [3.8, 4) is 109 Å². The summed E-state index contributed by atoms with van der Waals surface area (Å²) in [6, 6.07) is 58.7. The normalized spacial score (nSPS) is 15.2. The summed E-state index contributed by atoms with van der Waals surface area (Å²) in [4.78, 5) is 51.6. The Morgan fingerprint density at radius 3 is 0.788 bits per heavy atom. The Kier molecular flexibility index (Phi) is 30.0. The molecule has 698 valence electrons. The van der Waals surface area contributed by atoms with E-state index in [1.54, 1.807) is 6.07 Å². The van der Waals surface area contributed by atoms with Crippen molar-refractivity contribution >= 4 is 33.0 Å². The highest BCUT2D eigenvalue weighted by atomic mass is 32.2. The maximum Gasteiger partial charge on any atom is 0.269 e. The quantitative estimate of drug-likeness (QED) is 0.0908. The van der Waals surface area contributed by atoms with Gasteiger partial charge in [-0.3, -0.25) is 19.2 Å². The van der Waals surface area contributed by atoms with Gasteiger partial charge in [0.05, 0.1) is 12.6 Å². The molecule has 16 rings (SSSR count). The van der Waals surface area contributed by atoms with Crippen molar-refractivity contribution < 1.29 is 45.3 Å². The lowest BCUT2D eigenvalue weighted by Crippen LogP contribution is -2.27. The minimum Gasteiger partial charge on any atom is -0.416 e. The summed E-state index contributed by atoms with van der Waals surface area (Å²) >= 11 is 0. The third-order valence-corrected chi connectivity index (χ3v) is 25.5. The van der Waals surface area contributed by atoms with Crippen LogP contribution in [-0.4, -0.2) is 72.3 Å². The Morgan fingerprint density at radius 1 is 0.307 bits per heavy atom. The second-order valence-electron chi connectivity index (χ2n) is 40.9. The zero-order valence-electron chi connectivity index (χ0n) is 83.1. The molecule has 4 aromatic heterocycles. The number of hydrogen-bond acceptors (Lipinski definition) is 19. The van der Waals surface area contributed by atoms with E-state index in [0.29, 0.717) is 69.4 Å². The maximum absolute atomic E-state index is 13.0. The molecule has 0 amide bonds. The maximum atomic E-state index is 13.0. The van der Waals surface area contributed by atoms with Crippen molar-refractivity contribution in [1.29, 1.82) is 5.26 Å². The van der Waals surface area contributed by atoms with E-state index in [1.807, 2.05) is 199 Å². The van der Waals surface area contributed by atoms with Gasteiger partial charge in [-0.1, -0.05) is 240 Å². The third kappa shape index (κ3) is 24.6. The first-order valence-electron chi connectivity index (χ1n) is 45.4. The molecular weight excluding hydrogens is 1730 g/mol. The van der Waals surface area contributed by atoms with Crippen LogP contribution in [0.5, 0.6) is 0 Å². The molecule has 0 fully saturated rings. The average Bonchev–Trinajstić information content (AvgIpc) is 1.71. The Hall–Kier alpha value is -14.9. The number of aromatic nitrogens is 8. The Balaban J connectivity index is 0.000000166. The second kappa shape index (κ2) is 40.7. The summed E-state index contributed by atoms with van der Waals surface area (Å²) in [5.74, 6) is 3.70. The first-order chi connectivity index (χ1) is 64.2. The minimum atomic E-state index is -3.35. The van der Waals surface area contributed by atoms with Crippen LogP contribution in [0.15, 0.2) is 348 Å². The summed E-state index contributed by atoms with van der Waals surface area (Å²) in [6.07, 6.45) is 22.1. The van der Waals surface area contributed by atoms with Crippen LogP contribution in [0.2, 0.25) is 0 Å². The topological polar surface area (TPSA) is 286 Å². The lowest BCUT2D eigenvalue weighted by atomic mass is 9.72. The van der Waals surface area contributed by atoms with Crippen LogP contribution in [0, 0.1) is 28.7 Å². The number of ketones is 4. The highest BCUT2D eigenvalue weighted by Crippen LogP contribution is 2.42. The third-order valence-electron chi connectivity index (χ3n) is 23.6. The molecule has 7 aromatic carbocycles. The highest BCUT2D eigenvalue weighted by molar-refractivity contribution is 7.99. The minimum absolute atomic E-state index is 0.0321. The number of carbonyl (C=O) groups excluding carboxylic acids is 4. The first-order valence-corrected chi connectivity index (χ1v) is 46.9.